The van der Waals surface area contributed by atoms with Crippen molar-refractivity contribution in [3.8, 4) is 0 Å². The number of hydrogen-bond donors (Lipinski definition) is 0. The number of carbonyl (C=O) groups excluding carboxylic acids is 1. The normalized spacial score (nSPS) is 18.5. The molecule has 0 aromatic carbocycles. The molecule has 1 aliphatic carbocycles. The molecule has 1 fully saturated rings. The Balaban J connectivity index is 2.02. The molecule has 0 aliphatic heterocycles. The number of methoxy groups -OCH3 is 1. The molecule has 1 unspecified atom stereocenters. The van der Waals surface area contributed by atoms with E-state index in [-0.39, 0.29) is 11.9 Å². The van der Waals surface area contributed by atoms with Crippen LogP contribution in [0.4, 0.5) is 0 Å². The average Bonchev–Trinajstić information content (AvgIpc) is 2.70. The summed E-state index contributed by atoms with van der Waals surface area (Å²) in [5.74, 6) is 0.595. The number of nitrogens with zero attached hydrogens (tertiary/aromatic N) is 2. The van der Waals surface area contributed by atoms with E-state index in [9.17, 15) is 4.79 Å². The second-order valence-electron chi connectivity index (χ2n) is 5.60. The second-order valence-corrected chi connectivity index (χ2v) is 5.60. The molecule has 1 saturated carbocycles. The van der Waals surface area contributed by atoms with Gasteiger partial charge in [-0.25, -0.2) is 0 Å². The van der Waals surface area contributed by atoms with Gasteiger partial charge in [0.05, 0.1) is 12.1 Å². The fourth-order valence-electron chi connectivity index (χ4n) is 3.13. The number of ketones is 1. The van der Waals surface area contributed by atoms with Crippen molar-refractivity contribution >= 4 is 5.78 Å². The highest BCUT2D eigenvalue weighted by Crippen LogP contribution is 2.28. The zero-order valence-electron chi connectivity index (χ0n) is 12.2. The fraction of sp³-hybridized carbons (Fsp3) is 0.733. The van der Waals surface area contributed by atoms with Gasteiger partial charge in [-0.2, -0.15) is 5.10 Å². The van der Waals surface area contributed by atoms with E-state index in [1.807, 2.05) is 20.0 Å². The zero-order chi connectivity index (χ0) is 13.8. The van der Waals surface area contributed by atoms with Crippen molar-refractivity contribution in [3.05, 3.63) is 17.5 Å². The first kappa shape index (κ1) is 14.3. The maximum Gasteiger partial charge on any atom is 0.167 e. The smallest absolute Gasteiger partial charge is 0.167 e. The summed E-state index contributed by atoms with van der Waals surface area (Å²) in [7, 11) is 3.55. The van der Waals surface area contributed by atoms with Crippen molar-refractivity contribution in [2.24, 2.45) is 13.0 Å². The first-order valence-corrected chi connectivity index (χ1v) is 7.17. The third-order valence-corrected chi connectivity index (χ3v) is 4.10. The molecule has 2 rings (SSSR count). The van der Waals surface area contributed by atoms with Gasteiger partial charge in [-0.1, -0.05) is 19.3 Å². The van der Waals surface area contributed by atoms with Crippen molar-refractivity contribution in [1.29, 1.82) is 0 Å². The van der Waals surface area contributed by atoms with E-state index in [0.29, 0.717) is 12.3 Å². The van der Waals surface area contributed by atoms with Gasteiger partial charge in [-0.3, -0.25) is 9.48 Å². The quantitative estimate of drug-likeness (QED) is 0.820. The lowest BCUT2D eigenvalue weighted by atomic mass is 9.83. The highest BCUT2D eigenvalue weighted by Gasteiger charge is 2.29. The Morgan fingerprint density at radius 3 is 2.68 bits per heavy atom. The van der Waals surface area contributed by atoms with E-state index >= 15 is 0 Å². The minimum atomic E-state index is -0.240. The monoisotopic (exact) mass is 264 g/mol. The Bertz CT molecular complexity index is 433. The van der Waals surface area contributed by atoms with Crippen LogP contribution in [0.2, 0.25) is 0 Å². The molecule has 0 amide bonds. The highest BCUT2D eigenvalue weighted by atomic mass is 16.5. The van der Waals surface area contributed by atoms with Crippen LogP contribution in [0.25, 0.3) is 0 Å². The van der Waals surface area contributed by atoms with E-state index in [2.05, 4.69) is 5.10 Å². The molecule has 1 atom stereocenters. The van der Waals surface area contributed by atoms with Gasteiger partial charge in [0.25, 0.3) is 0 Å². The predicted octanol–water partition coefficient (Wildman–Crippen LogP) is 2.44. The molecular formula is C15H24N2O2. The molecule has 4 heteroatoms. The molecule has 1 aromatic heterocycles. The molecule has 106 valence electrons. The summed E-state index contributed by atoms with van der Waals surface area (Å²) in [5.41, 5.74) is 1.93. The van der Waals surface area contributed by atoms with Crippen LogP contribution in [0.5, 0.6) is 0 Å². The Morgan fingerprint density at radius 2 is 2.16 bits per heavy atom. The second kappa shape index (κ2) is 6.33. The largest absolute Gasteiger partial charge is 0.373 e. The molecule has 19 heavy (non-hydrogen) atoms. The van der Waals surface area contributed by atoms with Gasteiger partial charge < -0.3 is 4.74 Å². The molecule has 1 aliphatic rings. The van der Waals surface area contributed by atoms with Crippen molar-refractivity contribution in [3.63, 3.8) is 0 Å². The van der Waals surface area contributed by atoms with Gasteiger partial charge in [0, 0.05) is 19.9 Å². The molecule has 1 aromatic rings. The maximum absolute atomic E-state index is 12.4. The van der Waals surface area contributed by atoms with Gasteiger partial charge in [-0.05, 0) is 31.7 Å². The molecule has 0 spiro atoms. The van der Waals surface area contributed by atoms with Gasteiger partial charge in [0.2, 0.25) is 0 Å². The van der Waals surface area contributed by atoms with E-state index in [1.165, 1.54) is 19.3 Å². The summed E-state index contributed by atoms with van der Waals surface area (Å²) < 4.78 is 7.28. The van der Waals surface area contributed by atoms with Crippen LogP contribution in [0.15, 0.2) is 6.07 Å². The lowest BCUT2D eigenvalue weighted by molar-refractivity contribution is -0.132. The van der Waals surface area contributed by atoms with E-state index in [4.69, 9.17) is 4.74 Å². The third kappa shape index (κ3) is 3.44. The molecule has 0 bridgehead atoms. The van der Waals surface area contributed by atoms with Crippen molar-refractivity contribution in [2.45, 2.75) is 51.6 Å². The lowest BCUT2D eigenvalue weighted by Crippen LogP contribution is -2.34. The summed E-state index contributed by atoms with van der Waals surface area (Å²) in [6.45, 7) is 1.95. The van der Waals surface area contributed by atoms with Crippen LogP contribution in [-0.2, 0) is 23.0 Å². The molecule has 0 saturated heterocycles. The summed E-state index contributed by atoms with van der Waals surface area (Å²) in [6.07, 6.45) is 6.17. The van der Waals surface area contributed by atoms with Gasteiger partial charge in [-0.15, -0.1) is 0 Å². The molecule has 1 heterocycles. The number of ether oxygens (including phenoxy) is 1. The summed E-state index contributed by atoms with van der Waals surface area (Å²) in [6, 6.07) is 1.98. The molecule has 4 nitrogen and oxygen atoms in total. The number of carbonyl (C=O) groups is 1. The van der Waals surface area contributed by atoms with E-state index < -0.39 is 0 Å². The van der Waals surface area contributed by atoms with Crippen LogP contribution < -0.4 is 0 Å². The van der Waals surface area contributed by atoms with Crippen LogP contribution in [0, 0.1) is 12.8 Å². The number of aromatic nitrogens is 2. The SMILES string of the molecule is COC(C(=O)Cc1cc(C)nn1C)C1CCCCC1. The Kier molecular flexibility index (Phi) is 4.75. The first-order valence-electron chi connectivity index (χ1n) is 7.17. The summed E-state index contributed by atoms with van der Waals surface area (Å²) in [5, 5.41) is 4.29. The maximum atomic E-state index is 12.4. The Hall–Kier alpha value is -1.16. The van der Waals surface area contributed by atoms with Gasteiger partial charge in [0.1, 0.15) is 6.10 Å². The lowest BCUT2D eigenvalue weighted by Gasteiger charge is -2.28. The minimum absolute atomic E-state index is 0.192. The number of Topliss-reactive ketones (excluding diaryl/α,β-unsaturated/α-hetero) is 1. The summed E-state index contributed by atoms with van der Waals surface area (Å²) >= 11 is 0. The van der Waals surface area contributed by atoms with Crippen LogP contribution in [0.1, 0.15) is 43.5 Å². The van der Waals surface area contributed by atoms with Crippen LogP contribution in [-0.4, -0.2) is 28.8 Å². The van der Waals surface area contributed by atoms with Crippen molar-refractivity contribution in [2.75, 3.05) is 7.11 Å². The van der Waals surface area contributed by atoms with Gasteiger partial charge >= 0.3 is 0 Å². The van der Waals surface area contributed by atoms with E-state index in [0.717, 1.165) is 24.2 Å². The van der Waals surface area contributed by atoms with Crippen molar-refractivity contribution < 1.29 is 9.53 Å². The molecular weight excluding hydrogens is 240 g/mol. The average molecular weight is 264 g/mol. The third-order valence-electron chi connectivity index (χ3n) is 4.10. The Labute approximate surface area is 115 Å². The number of aryl methyl sites for hydroxylation is 2. The molecule has 0 N–H and O–H groups in total. The van der Waals surface area contributed by atoms with E-state index in [1.54, 1.807) is 11.8 Å². The Morgan fingerprint density at radius 1 is 1.47 bits per heavy atom. The molecule has 0 radical (unpaired) electrons. The van der Waals surface area contributed by atoms with Crippen LogP contribution in [0.3, 0.4) is 0 Å². The standard InChI is InChI=1S/C15H24N2O2/c1-11-9-13(17(2)16-11)10-14(18)15(19-3)12-7-5-4-6-8-12/h9,12,15H,4-8,10H2,1-3H3. The van der Waals surface area contributed by atoms with Crippen LogP contribution >= 0.6 is 0 Å². The number of rotatable bonds is 5. The predicted molar refractivity (Wildman–Crippen MR) is 74.0 cm³/mol. The minimum Gasteiger partial charge on any atom is -0.373 e. The topological polar surface area (TPSA) is 44.1 Å². The zero-order valence-corrected chi connectivity index (χ0v) is 12.2. The van der Waals surface area contributed by atoms with Crippen molar-refractivity contribution in [1.82, 2.24) is 9.78 Å². The van der Waals surface area contributed by atoms with Gasteiger partial charge in [0.15, 0.2) is 5.78 Å². The first-order chi connectivity index (χ1) is 9.11. The highest BCUT2D eigenvalue weighted by molar-refractivity contribution is 5.85. The number of hydrogen-bond acceptors (Lipinski definition) is 3. The fourth-order valence-corrected chi connectivity index (χ4v) is 3.13. The summed E-state index contributed by atoms with van der Waals surface area (Å²) in [4.78, 5) is 12.4.